The minimum atomic E-state index is -0.218. The molecule has 2 N–H and O–H groups in total. The van der Waals surface area contributed by atoms with E-state index in [0.29, 0.717) is 18.1 Å². The SMILES string of the molecule is CC(=O)NCCNC(=O)C(c1ccc(Cl)cc1)C(C)C. The monoisotopic (exact) mass is 296 g/mol. The van der Waals surface area contributed by atoms with Crippen molar-refractivity contribution in [3.8, 4) is 0 Å². The van der Waals surface area contributed by atoms with Gasteiger partial charge in [-0.3, -0.25) is 9.59 Å². The Kier molecular flexibility index (Phi) is 6.52. The van der Waals surface area contributed by atoms with E-state index in [1.165, 1.54) is 6.92 Å². The Morgan fingerprint density at radius 3 is 2.15 bits per heavy atom. The molecular formula is C15H21ClN2O2. The second kappa shape index (κ2) is 7.90. The molecule has 0 heterocycles. The highest BCUT2D eigenvalue weighted by molar-refractivity contribution is 6.30. The molecule has 1 rings (SSSR count). The second-order valence-corrected chi connectivity index (χ2v) is 5.48. The first-order valence-electron chi connectivity index (χ1n) is 6.69. The fourth-order valence-corrected chi connectivity index (χ4v) is 2.17. The highest BCUT2D eigenvalue weighted by Crippen LogP contribution is 2.25. The van der Waals surface area contributed by atoms with Gasteiger partial charge in [0, 0.05) is 25.0 Å². The number of halogens is 1. The maximum atomic E-state index is 12.3. The third kappa shape index (κ3) is 5.21. The molecule has 0 aromatic heterocycles. The highest BCUT2D eigenvalue weighted by atomic mass is 35.5. The van der Waals surface area contributed by atoms with Crippen LogP contribution in [-0.2, 0) is 9.59 Å². The molecule has 0 saturated heterocycles. The molecule has 0 aliphatic carbocycles. The van der Waals surface area contributed by atoms with Crippen molar-refractivity contribution >= 4 is 23.4 Å². The lowest BCUT2D eigenvalue weighted by Gasteiger charge is -2.21. The molecule has 2 amide bonds. The zero-order valence-corrected chi connectivity index (χ0v) is 12.8. The average molecular weight is 297 g/mol. The van der Waals surface area contributed by atoms with Gasteiger partial charge in [-0.25, -0.2) is 0 Å². The Morgan fingerprint density at radius 2 is 1.65 bits per heavy atom. The van der Waals surface area contributed by atoms with Gasteiger partial charge in [0.05, 0.1) is 5.92 Å². The van der Waals surface area contributed by atoms with Crippen molar-refractivity contribution in [2.24, 2.45) is 5.92 Å². The molecule has 0 aliphatic rings. The van der Waals surface area contributed by atoms with Gasteiger partial charge >= 0.3 is 0 Å². The van der Waals surface area contributed by atoms with Gasteiger partial charge in [0.15, 0.2) is 0 Å². The van der Waals surface area contributed by atoms with Crippen molar-refractivity contribution in [3.63, 3.8) is 0 Å². The molecule has 0 saturated carbocycles. The number of carbonyl (C=O) groups is 2. The van der Waals surface area contributed by atoms with E-state index in [-0.39, 0.29) is 23.7 Å². The molecule has 1 unspecified atom stereocenters. The summed E-state index contributed by atoms with van der Waals surface area (Å²) in [5, 5.41) is 6.15. The first-order valence-corrected chi connectivity index (χ1v) is 7.07. The van der Waals surface area contributed by atoms with Gasteiger partial charge in [0.2, 0.25) is 11.8 Å². The van der Waals surface area contributed by atoms with Crippen molar-refractivity contribution in [2.75, 3.05) is 13.1 Å². The summed E-state index contributed by atoms with van der Waals surface area (Å²) >= 11 is 5.87. The normalized spacial score (nSPS) is 12.1. The molecule has 20 heavy (non-hydrogen) atoms. The molecule has 110 valence electrons. The Labute approximate surface area is 124 Å². The lowest BCUT2D eigenvalue weighted by Crippen LogP contribution is -2.37. The van der Waals surface area contributed by atoms with Crippen LogP contribution in [0.2, 0.25) is 5.02 Å². The molecule has 0 spiro atoms. The summed E-state index contributed by atoms with van der Waals surface area (Å²) in [5.74, 6) is -0.174. The maximum absolute atomic E-state index is 12.3. The Bertz CT molecular complexity index is 457. The number of hydrogen-bond donors (Lipinski definition) is 2. The van der Waals surface area contributed by atoms with E-state index < -0.39 is 0 Å². The topological polar surface area (TPSA) is 58.2 Å². The van der Waals surface area contributed by atoms with Gasteiger partial charge in [-0.2, -0.15) is 0 Å². The third-order valence-corrected chi connectivity index (χ3v) is 3.23. The summed E-state index contributed by atoms with van der Waals surface area (Å²) in [4.78, 5) is 23.0. The Morgan fingerprint density at radius 1 is 1.10 bits per heavy atom. The summed E-state index contributed by atoms with van der Waals surface area (Å²) in [6, 6.07) is 7.33. The van der Waals surface area contributed by atoms with E-state index in [9.17, 15) is 9.59 Å². The molecule has 4 nitrogen and oxygen atoms in total. The second-order valence-electron chi connectivity index (χ2n) is 5.05. The molecule has 0 bridgehead atoms. The molecule has 0 fully saturated rings. The van der Waals surface area contributed by atoms with E-state index in [4.69, 9.17) is 11.6 Å². The van der Waals surface area contributed by atoms with Crippen molar-refractivity contribution in [1.82, 2.24) is 10.6 Å². The summed E-state index contributed by atoms with van der Waals surface area (Å²) in [7, 11) is 0. The molecule has 1 atom stereocenters. The zero-order valence-electron chi connectivity index (χ0n) is 12.1. The minimum Gasteiger partial charge on any atom is -0.355 e. The molecule has 0 radical (unpaired) electrons. The van der Waals surface area contributed by atoms with Crippen LogP contribution in [0.5, 0.6) is 0 Å². The summed E-state index contributed by atoms with van der Waals surface area (Å²) < 4.78 is 0. The van der Waals surface area contributed by atoms with Gasteiger partial charge in [-0.05, 0) is 23.6 Å². The van der Waals surface area contributed by atoms with Gasteiger partial charge in [0.1, 0.15) is 0 Å². The van der Waals surface area contributed by atoms with Crippen LogP contribution in [0.25, 0.3) is 0 Å². The van der Waals surface area contributed by atoms with Gasteiger partial charge in [-0.15, -0.1) is 0 Å². The van der Waals surface area contributed by atoms with Crippen LogP contribution in [0, 0.1) is 5.92 Å². The predicted molar refractivity (Wildman–Crippen MR) is 80.7 cm³/mol. The fourth-order valence-electron chi connectivity index (χ4n) is 2.04. The smallest absolute Gasteiger partial charge is 0.227 e. The molecule has 5 heteroatoms. The standard InChI is InChI=1S/C15H21ClN2O2/c1-10(2)14(12-4-6-13(16)7-5-12)15(20)18-9-8-17-11(3)19/h4-7,10,14H,8-9H2,1-3H3,(H,17,19)(H,18,20). The highest BCUT2D eigenvalue weighted by Gasteiger charge is 2.23. The number of benzene rings is 1. The number of rotatable bonds is 6. The minimum absolute atomic E-state index is 0.0346. The van der Waals surface area contributed by atoms with Crippen LogP contribution < -0.4 is 10.6 Å². The molecular weight excluding hydrogens is 276 g/mol. The first-order chi connectivity index (χ1) is 9.41. The largest absolute Gasteiger partial charge is 0.355 e. The van der Waals surface area contributed by atoms with Crippen molar-refractivity contribution < 1.29 is 9.59 Å². The van der Waals surface area contributed by atoms with E-state index in [1.54, 1.807) is 12.1 Å². The van der Waals surface area contributed by atoms with Crippen LogP contribution in [0.1, 0.15) is 32.3 Å². The summed E-state index contributed by atoms with van der Waals surface area (Å²) in [6.45, 7) is 6.33. The quantitative estimate of drug-likeness (QED) is 0.792. The summed E-state index contributed by atoms with van der Waals surface area (Å²) in [6.07, 6.45) is 0. The van der Waals surface area contributed by atoms with Crippen molar-refractivity contribution in [2.45, 2.75) is 26.7 Å². The van der Waals surface area contributed by atoms with Crippen molar-refractivity contribution in [1.29, 1.82) is 0 Å². The van der Waals surface area contributed by atoms with Crippen LogP contribution >= 0.6 is 11.6 Å². The van der Waals surface area contributed by atoms with E-state index in [2.05, 4.69) is 10.6 Å². The lowest BCUT2D eigenvalue weighted by molar-refractivity contribution is -0.124. The number of amides is 2. The van der Waals surface area contributed by atoms with E-state index in [0.717, 1.165) is 5.56 Å². The number of hydrogen-bond acceptors (Lipinski definition) is 2. The zero-order chi connectivity index (χ0) is 15.1. The van der Waals surface area contributed by atoms with E-state index >= 15 is 0 Å². The predicted octanol–water partition coefficient (Wildman–Crippen LogP) is 2.33. The molecule has 0 aliphatic heterocycles. The molecule has 1 aromatic rings. The van der Waals surface area contributed by atoms with Crippen LogP contribution in [-0.4, -0.2) is 24.9 Å². The van der Waals surface area contributed by atoms with Crippen LogP contribution in [0.4, 0.5) is 0 Å². The number of carbonyl (C=O) groups excluding carboxylic acids is 2. The lowest BCUT2D eigenvalue weighted by atomic mass is 9.87. The van der Waals surface area contributed by atoms with Gasteiger partial charge in [-0.1, -0.05) is 37.6 Å². The van der Waals surface area contributed by atoms with Gasteiger partial charge < -0.3 is 10.6 Å². The van der Waals surface area contributed by atoms with Gasteiger partial charge in [0.25, 0.3) is 0 Å². The van der Waals surface area contributed by atoms with Crippen LogP contribution in [0.15, 0.2) is 24.3 Å². The van der Waals surface area contributed by atoms with Crippen LogP contribution in [0.3, 0.4) is 0 Å². The average Bonchev–Trinajstić information content (AvgIpc) is 2.36. The summed E-state index contributed by atoms with van der Waals surface area (Å²) in [5.41, 5.74) is 0.946. The molecule has 1 aromatic carbocycles. The Hall–Kier alpha value is -1.55. The maximum Gasteiger partial charge on any atom is 0.227 e. The fraction of sp³-hybridized carbons (Fsp3) is 0.467. The first kappa shape index (κ1) is 16.5. The Balaban J connectivity index is 2.64. The van der Waals surface area contributed by atoms with E-state index in [1.807, 2.05) is 26.0 Å². The van der Waals surface area contributed by atoms with Crippen molar-refractivity contribution in [3.05, 3.63) is 34.9 Å². The number of nitrogens with one attached hydrogen (secondary N) is 2. The third-order valence-electron chi connectivity index (χ3n) is 2.98.